The average molecular weight is 302 g/mol. The third-order valence-corrected chi connectivity index (χ3v) is 3.75. The molecule has 0 saturated carbocycles. The summed E-state index contributed by atoms with van der Waals surface area (Å²) in [5, 5.41) is 6.11. The van der Waals surface area contributed by atoms with E-state index < -0.39 is 11.2 Å². The van der Waals surface area contributed by atoms with Crippen LogP contribution in [0.25, 0.3) is 0 Å². The van der Waals surface area contributed by atoms with Crippen LogP contribution in [0.1, 0.15) is 17.5 Å². The van der Waals surface area contributed by atoms with Crippen molar-refractivity contribution in [2.45, 2.75) is 19.6 Å². The largest absolute Gasteiger partial charge is 0.445 e. The normalized spacial score (nSPS) is 11.6. The summed E-state index contributed by atoms with van der Waals surface area (Å²) in [5.41, 5.74) is 7.29. The first kappa shape index (κ1) is 14.6. The van der Waals surface area contributed by atoms with Crippen molar-refractivity contribution in [1.29, 1.82) is 0 Å². The molecule has 2 aromatic rings. The summed E-state index contributed by atoms with van der Waals surface area (Å²) < 4.78 is 37.6. The van der Waals surface area contributed by atoms with Gasteiger partial charge in [0.2, 0.25) is 10.1 Å². The first-order valence-corrected chi connectivity index (χ1v) is 6.72. The van der Waals surface area contributed by atoms with Gasteiger partial charge < -0.3 is 10.6 Å². The molecule has 0 radical (unpaired) electrons. The molecule has 0 saturated heterocycles. The molecule has 20 heavy (non-hydrogen) atoms. The standard InChI is InChI=1S/C12H13F3N4S/c1-2-19(7-8-5-3-4-6-9(8)16)11-18-17-10(20-11)12(13,14)15/h3-6H,2,7,16H2,1H3. The highest BCUT2D eigenvalue weighted by molar-refractivity contribution is 7.15. The molecule has 0 atom stereocenters. The van der Waals surface area contributed by atoms with Crippen LogP contribution in [0, 0.1) is 0 Å². The summed E-state index contributed by atoms with van der Waals surface area (Å²) in [4.78, 5) is 1.71. The van der Waals surface area contributed by atoms with Crippen molar-refractivity contribution in [3.63, 3.8) is 0 Å². The van der Waals surface area contributed by atoms with Crippen LogP contribution in [0.3, 0.4) is 0 Å². The molecule has 2 N–H and O–H groups in total. The Morgan fingerprint density at radius 1 is 1.25 bits per heavy atom. The Bertz CT molecular complexity index is 582. The molecule has 1 heterocycles. The van der Waals surface area contributed by atoms with Crippen molar-refractivity contribution >= 4 is 22.2 Å². The first-order chi connectivity index (χ1) is 9.41. The molecule has 0 aliphatic carbocycles. The molecule has 0 bridgehead atoms. The highest BCUT2D eigenvalue weighted by Crippen LogP contribution is 2.34. The highest BCUT2D eigenvalue weighted by Gasteiger charge is 2.36. The lowest BCUT2D eigenvalue weighted by atomic mass is 10.2. The molecule has 2 rings (SSSR count). The average Bonchev–Trinajstić information content (AvgIpc) is 2.87. The van der Waals surface area contributed by atoms with E-state index in [1.54, 1.807) is 11.0 Å². The number of alkyl halides is 3. The number of nitrogens with zero attached hydrogens (tertiary/aromatic N) is 3. The molecule has 108 valence electrons. The summed E-state index contributed by atoms with van der Waals surface area (Å²) in [6, 6.07) is 7.23. The fraction of sp³-hybridized carbons (Fsp3) is 0.333. The number of para-hydroxylation sites is 1. The Morgan fingerprint density at radius 3 is 2.50 bits per heavy atom. The summed E-state index contributed by atoms with van der Waals surface area (Å²) >= 11 is 0.535. The van der Waals surface area contributed by atoms with Gasteiger partial charge in [-0.15, -0.1) is 10.2 Å². The van der Waals surface area contributed by atoms with E-state index in [0.29, 0.717) is 30.1 Å². The van der Waals surface area contributed by atoms with E-state index in [0.717, 1.165) is 5.56 Å². The number of nitrogens with two attached hydrogens (primary N) is 1. The van der Waals surface area contributed by atoms with Crippen LogP contribution in [-0.2, 0) is 12.7 Å². The van der Waals surface area contributed by atoms with Gasteiger partial charge in [0.25, 0.3) is 0 Å². The van der Waals surface area contributed by atoms with Crippen molar-refractivity contribution in [2.24, 2.45) is 0 Å². The number of nitrogen functional groups attached to an aromatic ring is 1. The van der Waals surface area contributed by atoms with Crippen LogP contribution in [0.2, 0.25) is 0 Å². The Morgan fingerprint density at radius 2 is 1.95 bits per heavy atom. The van der Waals surface area contributed by atoms with E-state index in [2.05, 4.69) is 10.2 Å². The van der Waals surface area contributed by atoms with Crippen LogP contribution in [-0.4, -0.2) is 16.7 Å². The van der Waals surface area contributed by atoms with Gasteiger partial charge >= 0.3 is 6.18 Å². The minimum absolute atomic E-state index is 0.239. The zero-order valence-electron chi connectivity index (χ0n) is 10.7. The van der Waals surface area contributed by atoms with Crippen molar-refractivity contribution in [1.82, 2.24) is 10.2 Å². The topological polar surface area (TPSA) is 55.0 Å². The predicted molar refractivity (Wildman–Crippen MR) is 72.5 cm³/mol. The first-order valence-electron chi connectivity index (χ1n) is 5.91. The van der Waals surface area contributed by atoms with Crippen LogP contribution >= 0.6 is 11.3 Å². The maximum atomic E-state index is 12.5. The van der Waals surface area contributed by atoms with Crippen molar-refractivity contribution < 1.29 is 13.2 Å². The summed E-state index contributed by atoms with van der Waals surface area (Å²) in [7, 11) is 0. The Hall–Kier alpha value is -1.83. The lowest BCUT2D eigenvalue weighted by Crippen LogP contribution is -2.22. The molecule has 1 aromatic carbocycles. The monoisotopic (exact) mass is 302 g/mol. The number of aromatic nitrogens is 2. The second-order valence-electron chi connectivity index (χ2n) is 4.10. The highest BCUT2D eigenvalue weighted by atomic mass is 32.1. The SMILES string of the molecule is CCN(Cc1ccccc1N)c1nnc(C(F)(F)F)s1. The van der Waals surface area contributed by atoms with Crippen molar-refractivity contribution in [3.05, 3.63) is 34.8 Å². The lowest BCUT2D eigenvalue weighted by molar-refractivity contribution is -0.138. The van der Waals surface area contributed by atoms with Gasteiger partial charge in [0.15, 0.2) is 0 Å². The van der Waals surface area contributed by atoms with E-state index in [1.165, 1.54) is 0 Å². The summed E-state index contributed by atoms with van der Waals surface area (Å²) in [6.07, 6.45) is -4.46. The molecule has 0 spiro atoms. The number of rotatable bonds is 4. The quantitative estimate of drug-likeness (QED) is 0.881. The molecule has 0 fully saturated rings. The van der Waals surface area contributed by atoms with Gasteiger partial charge in [0.05, 0.1) is 0 Å². The van der Waals surface area contributed by atoms with E-state index in [9.17, 15) is 13.2 Å². The van der Waals surface area contributed by atoms with E-state index in [-0.39, 0.29) is 5.13 Å². The predicted octanol–water partition coefficient (Wildman–Crippen LogP) is 3.17. The molecule has 0 aliphatic rings. The molecule has 1 aromatic heterocycles. The third-order valence-electron chi connectivity index (χ3n) is 2.73. The fourth-order valence-electron chi connectivity index (χ4n) is 1.66. The van der Waals surface area contributed by atoms with Crippen LogP contribution in [0.15, 0.2) is 24.3 Å². The van der Waals surface area contributed by atoms with Gasteiger partial charge in [0.1, 0.15) is 0 Å². The molecule has 0 amide bonds. The lowest BCUT2D eigenvalue weighted by Gasteiger charge is -2.20. The molecule has 8 heteroatoms. The summed E-state index contributed by atoms with van der Waals surface area (Å²) in [5.74, 6) is 0. The smallest absolute Gasteiger partial charge is 0.398 e. The number of hydrogen-bond acceptors (Lipinski definition) is 5. The Labute approximate surface area is 118 Å². The molecule has 4 nitrogen and oxygen atoms in total. The number of anilines is 2. The van der Waals surface area contributed by atoms with Crippen LogP contribution in [0.4, 0.5) is 24.0 Å². The molecule has 0 unspecified atom stereocenters. The van der Waals surface area contributed by atoms with E-state index in [4.69, 9.17) is 5.73 Å². The second-order valence-corrected chi connectivity index (χ2v) is 5.06. The Kier molecular flexibility index (Phi) is 4.12. The minimum atomic E-state index is -4.46. The third kappa shape index (κ3) is 3.19. The van der Waals surface area contributed by atoms with Gasteiger partial charge in [0, 0.05) is 18.8 Å². The summed E-state index contributed by atoms with van der Waals surface area (Å²) in [6.45, 7) is 2.75. The van der Waals surface area contributed by atoms with Gasteiger partial charge in [-0.3, -0.25) is 0 Å². The number of halogens is 3. The Balaban J connectivity index is 2.21. The van der Waals surface area contributed by atoms with Crippen LogP contribution < -0.4 is 10.6 Å². The zero-order chi connectivity index (χ0) is 14.8. The second kappa shape index (κ2) is 5.66. The maximum absolute atomic E-state index is 12.5. The van der Waals surface area contributed by atoms with Crippen LogP contribution in [0.5, 0.6) is 0 Å². The fourth-order valence-corrected chi connectivity index (χ4v) is 2.43. The van der Waals surface area contributed by atoms with Crippen molar-refractivity contribution in [2.75, 3.05) is 17.2 Å². The minimum Gasteiger partial charge on any atom is -0.398 e. The maximum Gasteiger partial charge on any atom is 0.445 e. The molecular formula is C12H13F3N4S. The molecule has 0 aliphatic heterocycles. The van der Waals surface area contributed by atoms with Gasteiger partial charge in [-0.05, 0) is 18.6 Å². The van der Waals surface area contributed by atoms with Gasteiger partial charge in [-0.2, -0.15) is 13.2 Å². The van der Waals surface area contributed by atoms with Gasteiger partial charge in [-0.25, -0.2) is 0 Å². The number of hydrogen-bond donors (Lipinski definition) is 1. The molecular weight excluding hydrogens is 289 g/mol. The van der Waals surface area contributed by atoms with Crippen molar-refractivity contribution in [3.8, 4) is 0 Å². The zero-order valence-corrected chi connectivity index (χ0v) is 11.5. The van der Waals surface area contributed by atoms with E-state index >= 15 is 0 Å². The number of benzene rings is 1. The van der Waals surface area contributed by atoms with Gasteiger partial charge in [-0.1, -0.05) is 29.5 Å². The van der Waals surface area contributed by atoms with E-state index in [1.807, 2.05) is 25.1 Å².